The zero-order valence-corrected chi connectivity index (χ0v) is 35.0. The van der Waals surface area contributed by atoms with E-state index in [9.17, 15) is 14.7 Å². The number of carboxylic acid groups (broad SMARTS) is 1. The number of nitrogens with two attached hydrogens (primary N) is 1. The van der Waals surface area contributed by atoms with Gasteiger partial charge >= 0.3 is 5.97 Å². The molecular formula is C45H38Cl4N4O7. The summed E-state index contributed by atoms with van der Waals surface area (Å²) in [6, 6.07) is 36.9. The standard InChI is InChI=1S/C23H19Cl2N3O3.C22H19Cl2NO4/c1-15(29)22(27-28-26)18-9-6-12-21(30-13-16-7-2-4-10-19(16)24)23(18)31-14-17-8-3-5-11-20(17)25;23-17-9-3-1-6-14(17)12-28-19-11-5-8-16(20(25)22(26)27)21(19)29-13-15-7-2-4-10-18(15)24/h2-12,22H,13-14H2,1H3;1-11,20H,12-13,25H2,(H,26,27). The average Bonchev–Trinajstić information content (AvgIpc) is 3.24. The summed E-state index contributed by atoms with van der Waals surface area (Å²) in [7, 11) is 0. The highest BCUT2D eigenvalue weighted by molar-refractivity contribution is 6.32. The van der Waals surface area contributed by atoms with Gasteiger partial charge in [-0.05, 0) is 48.9 Å². The molecule has 0 saturated heterocycles. The van der Waals surface area contributed by atoms with Crippen LogP contribution in [0, 0.1) is 0 Å². The maximum atomic E-state index is 12.2. The molecule has 3 N–H and O–H groups in total. The van der Waals surface area contributed by atoms with Crippen molar-refractivity contribution < 1.29 is 33.6 Å². The van der Waals surface area contributed by atoms with Gasteiger partial charge in [-0.1, -0.05) is 149 Å². The van der Waals surface area contributed by atoms with Crippen molar-refractivity contribution in [1.29, 1.82) is 0 Å². The highest BCUT2D eigenvalue weighted by Gasteiger charge is 2.24. The fourth-order valence-corrected chi connectivity index (χ4v) is 6.44. The number of hydrogen-bond acceptors (Lipinski definition) is 8. The molecule has 2 atom stereocenters. The molecule has 0 radical (unpaired) electrons. The molecule has 0 aliphatic carbocycles. The lowest BCUT2D eigenvalue weighted by atomic mass is 10.0. The molecular weight excluding hydrogens is 850 g/mol. The van der Waals surface area contributed by atoms with Gasteiger partial charge in [0.1, 0.15) is 44.3 Å². The molecule has 0 spiro atoms. The zero-order valence-electron chi connectivity index (χ0n) is 32.0. The third kappa shape index (κ3) is 12.3. The highest BCUT2D eigenvalue weighted by Crippen LogP contribution is 2.39. The van der Waals surface area contributed by atoms with E-state index in [1.54, 1.807) is 60.7 Å². The summed E-state index contributed by atoms with van der Waals surface area (Å²) in [5.41, 5.74) is 18.6. The largest absolute Gasteiger partial charge is 0.485 e. The minimum atomic E-state index is -1.26. The molecule has 0 saturated carbocycles. The molecule has 0 aliphatic heterocycles. The SMILES string of the molecule is CC(=O)C(N=[N+]=[N-])c1cccc(OCc2ccccc2Cl)c1OCc1ccccc1Cl.NC(C(=O)O)c1cccc(OCc2ccccc2Cl)c1OCc1ccccc1Cl. The number of aliphatic carboxylic acids is 1. The van der Waals surface area contributed by atoms with E-state index < -0.39 is 18.1 Å². The van der Waals surface area contributed by atoms with E-state index in [1.807, 2.05) is 72.8 Å². The predicted octanol–water partition coefficient (Wildman–Crippen LogP) is 12.3. The van der Waals surface area contributed by atoms with E-state index in [-0.39, 0.29) is 38.0 Å². The van der Waals surface area contributed by atoms with Gasteiger partial charge in [-0.25, -0.2) is 0 Å². The number of nitrogens with zero attached hydrogens (tertiary/aromatic N) is 3. The van der Waals surface area contributed by atoms with Crippen molar-refractivity contribution in [2.45, 2.75) is 45.4 Å². The lowest BCUT2D eigenvalue weighted by Crippen LogP contribution is -2.21. The number of benzene rings is 6. The second-order valence-corrected chi connectivity index (χ2v) is 14.5. The first kappa shape index (κ1) is 45.2. The number of rotatable bonds is 17. The Bertz CT molecular complexity index is 2480. The van der Waals surface area contributed by atoms with Gasteiger partial charge in [0.2, 0.25) is 0 Å². The molecule has 0 aliphatic rings. The van der Waals surface area contributed by atoms with E-state index >= 15 is 0 Å². The maximum Gasteiger partial charge on any atom is 0.325 e. The molecule has 6 rings (SSSR count). The molecule has 11 nitrogen and oxygen atoms in total. The van der Waals surface area contributed by atoms with Gasteiger partial charge in [-0.15, -0.1) is 0 Å². The van der Waals surface area contributed by atoms with Crippen molar-refractivity contribution in [3.8, 4) is 23.0 Å². The van der Waals surface area contributed by atoms with Crippen LogP contribution < -0.4 is 24.7 Å². The minimum absolute atomic E-state index is 0.130. The number of azide groups is 1. The number of para-hydroxylation sites is 2. The third-order valence-electron chi connectivity index (χ3n) is 8.81. The van der Waals surface area contributed by atoms with Crippen LogP contribution in [0.15, 0.2) is 139 Å². The molecule has 15 heteroatoms. The van der Waals surface area contributed by atoms with Crippen LogP contribution in [-0.4, -0.2) is 16.9 Å². The highest BCUT2D eigenvalue weighted by atomic mass is 35.5. The van der Waals surface area contributed by atoms with Crippen molar-refractivity contribution in [1.82, 2.24) is 0 Å². The normalized spacial score (nSPS) is 11.5. The maximum absolute atomic E-state index is 12.2. The quantitative estimate of drug-likeness (QED) is 0.0518. The van der Waals surface area contributed by atoms with Crippen molar-refractivity contribution >= 4 is 58.2 Å². The first-order valence-corrected chi connectivity index (χ1v) is 19.7. The van der Waals surface area contributed by atoms with Crippen LogP contribution in [0.1, 0.15) is 52.4 Å². The van der Waals surface area contributed by atoms with Crippen molar-refractivity contribution in [3.05, 3.63) is 197 Å². The van der Waals surface area contributed by atoms with E-state index in [4.69, 9.17) is 76.6 Å². The molecule has 0 bridgehead atoms. The van der Waals surface area contributed by atoms with Crippen LogP contribution in [-0.2, 0) is 36.0 Å². The number of halogens is 4. The minimum Gasteiger partial charge on any atom is -0.485 e. The Morgan fingerprint density at radius 2 is 0.933 bits per heavy atom. The first-order valence-electron chi connectivity index (χ1n) is 18.2. The summed E-state index contributed by atoms with van der Waals surface area (Å²) in [6.07, 6.45) is 0. The second kappa shape index (κ2) is 22.5. The molecule has 0 aromatic heterocycles. The Kier molecular flexibility index (Phi) is 16.9. The van der Waals surface area contributed by atoms with Gasteiger partial charge in [0.15, 0.2) is 23.0 Å². The first-order chi connectivity index (χ1) is 29.0. The van der Waals surface area contributed by atoms with Crippen LogP contribution in [0.5, 0.6) is 23.0 Å². The van der Waals surface area contributed by atoms with Gasteiger partial charge in [-0.2, -0.15) is 0 Å². The van der Waals surface area contributed by atoms with E-state index in [0.717, 1.165) is 22.3 Å². The van der Waals surface area contributed by atoms with Crippen LogP contribution >= 0.6 is 46.4 Å². The van der Waals surface area contributed by atoms with Gasteiger partial charge in [-0.3, -0.25) is 9.59 Å². The van der Waals surface area contributed by atoms with Gasteiger partial charge in [0.05, 0.1) is 0 Å². The number of Topliss-reactive ketones (excluding diaryl/α,β-unsaturated/α-hetero) is 1. The monoisotopic (exact) mass is 886 g/mol. The summed E-state index contributed by atoms with van der Waals surface area (Å²) >= 11 is 24.9. The number of carbonyl (C=O) groups excluding carboxylic acids is 1. The number of carboxylic acids is 1. The summed E-state index contributed by atoms with van der Waals surface area (Å²) in [4.78, 5) is 26.4. The zero-order chi connectivity index (χ0) is 43.0. The molecule has 0 fully saturated rings. The van der Waals surface area contributed by atoms with E-state index in [2.05, 4.69) is 10.0 Å². The molecule has 2 unspecified atom stereocenters. The molecule has 308 valence electrons. The predicted molar refractivity (Wildman–Crippen MR) is 233 cm³/mol. The lowest BCUT2D eigenvalue weighted by molar-refractivity contribution is -0.138. The third-order valence-corrected chi connectivity index (χ3v) is 10.3. The Morgan fingerprint density at radius 1 is 0.583 bits per heavy atom. The Hall–Kier alpha value is -5.91. The number of ketones is 1. The van der Waals surface area contributed by atoms with Crippen molar-refractivity contribution in [3.63, 3.8) is 0 Å². The Labute approximate surface area is 366 Å². The Balaban J connectivity index is 0.000000228. The van der Waals surface area contributed by atoms with Crippen molar-refractivity contribution in [2.24, 2.45) is 10.8 Å². The van der Waals surface area contributed by atoms with Crippen LogP contribution in [0.3, 0.4) is 0 Å². The number of carbonyl (C=O) groups is 2. The molecule has 6 aromatic rings. The van der Waals surface area contributed by atoms with Gasteiger partial charge < -0.3 is 29.8 Å². The fraction of sp³-hybridized carbons (Fsp3) is 0.156. The van der Waals surface area contributed by atoms with Gasteiger partial charge in [0.25, 0.3) is 0 Å². The smallest absolute Gasteiger partial charge is 0.325 e. The Morgan fingerprint density at radius 3 is 1.28 bits per heavy atom. The number of ether oxygens (including phenoxy) is 4. The average molecular weight is 889 g/mol. The van der Waals surface area contributed by atoms with Crippen LogP contribution in [0.4, 0.5) is 0 Å². The van der Waals surface area contributed by atoms with Crippen LogP contribution in [0.25, 0.3) is 10.4 Å². The summed E-state index contributed by atoms with van der Waals surface area (Å²) < 4.78 is 23.9. The van der Waals surface area contributed by atoms with Crippen LogP contribution in [0.2, 0.25) is 20.1 Å². The molecule has 60 heavy (non-hydrogen) atoms. The van der Waals surface area contributed by atoms with E-state index in [0.29, 0.717) is 48.5 Å². The second-order valence-electron chi connectivity index (χ2n) is 12.9. The van der Waals surface area contributed by atoms with E-state index in [1.165, 1.54) is 6.92 Å². The van der Waals surface area contributed by atoms with Gasteiger partial charge in [0, 0.05) is 58.4 Å². The fourth-order valence-electron chi connectivity index (χ4n) is 5.68. The lowest BCUT2D eigenvalue weighted by Gasteiger charge is -2.19. The summed E-state index contributed by atoms with van der Waals surface area (Å²) in [5.74, 6) is -0.161. The van der Waals surface area contributed by atoms with Crippen molar-refractivity contribution in [2.75, 3.05) is 0 Å². The number of hydrogen-bond donors (Lipinski definition) is 2. The molecule has 6 aromatic carbocycles. The molecule has 0 heterocycles. The topological polar surface area (TPSA) is 166 Å². The molecule has 0 amide bonds. The summed E-state index contributed by atoms with van der Waals surface area (Å²) in [5, 5.41) is 15.3. The summed E-state index contributed by atoms with van der Waals surface area (Å²) in [6.45, 7) is 2.01.